The molecule has 2 heterocycles. The molecule has 5 aromatic carbocycles. The van der Waals surface area contributed by atoms with E-state index in [1.54, 1.807) is 0 Å². The molecule has 0 aromatic heterocycles. The van der Waals surface area contributed by atoms with Gasteiger partial charge in [-0.3, -0.25) is 8.97 Å². The Bertz CT molecular complexity index is 2140. The van der Waals surface area contributed by atoms with Gasteiger partial charge in [-0.15, -0.1) is 0 Å². The zero-order valence-electron chi connectivity index (χ0n) is 40.5. The summed E-state index contributed by atoms with van der Waals surface area (Å²) in [5, 5.41) is 0. The van der Waals surface area contributed by atoms with E-state index in [0.717, 1.165) is 27.4 Å². The van der Waals surface area contributed by atoms with Crippen molar-refractivity contribution in [2.24, 2.45) is 0 Å². The SMILES string of the molecule is Cc1cc([N+](C)(C)C)cc(C)c1N1[CH+]C(C)(c2ccccc2)CC1(C)C.Cc1cc([N+](C)(C)C)cc(C)c1N1[CH+]C(C)(c2ccccc2)CC1(C)C.[Cl][Ru]([Cl])=[CH]c1ccccc1. The first kappa shape index (κ1) is 49.4. The number of halogens is 2. The van der Waals surface area contributed by atoms with Gasteiger partial charge in [0, 0.05) is 48.2 Å². The Balaban J connectivity index is 0.000000192. The zero-order chi connectivity index (χ0) is 46.1. The first-order valence-corrected chi connectivity index (χ1v) is 27.3. The van der Waals surface area contributed by atoms with E-state index in [4.69, 9.17) is 19.4 Å². The average molecular weight is 963 g/mol. The molecule has 2 atom stereocenters. The fourth-order valence-electron chi connectivity index (χ4n) is 9.71. The monoisotopic (exact) mass is 962 g/mol. The van der Waals surface area contributed by atoms with E-state index >= 15 is 0 Å². The van der Waals surface area contributed by atoms with Crippen LogP contribution in [-0.2, 0) is 24.3 Å². The summed E-state index contributed by atoms with van der Waals surface area (Å²) in [6, 6.07) is 41.1. The predicted molar refractivity (Wildman–Crippen MR) is 273 cm³/mol. The summed E-state index contributed by atoms with van der Waals surface area (Å²) in [4.78, 5) is 5.06. The maximum absolute atomic E-state index is 5.67. The summed E-state index contributed by atoms with van der Waals surface area (Å²) >= 11 is -1.61. The molecule has 2 fully saturated rings. The standard InChI is InChI=1S/2C24H34N2.C7H6.2ClH.Ru/c2*1-18-14-21(26(6,7)8)15-19(2)22(18)25-17-24(5,16-23(25,3)4)20-12-10-9-11-13-20;1-7-5-3-2-4-6-7;;;/h2*9-15,17H,16H2,1-8H3;1-6H;2*1H;/q2*+2;;;;+2/p-2. The van der Waals surface area contributed by atoms with Gasteiger partial charge in [0.25, 0.3) is 0 Å². The zero-order valence-corrected chi connectivity index (χ0v) is 43.8. The molecule has 0 radical (unpaired) electrons. The van der Waals surface area contributed by atoms with Crippen molar-refractivity contribution in [2.75, 3.05) is 52.1 Å². The quantitative estimate of drug-likeness (QED) is 0.0911. The van der Waals surface area contributed by atoms with E-state index in [-0.39, 0.29) is 21.9 Å². The molecular weight excluding hydrogens is 889 g/mol. The van der Waals surface area contributed by atoms with E-state index in [1.807, 2.05) is 34.9 Å². The number of rotatable bonds is 7. The van der Waals surface area contributed by atoms with Gasteiger partial charge in [0.2, 0.25) is 0 Å². The van der Waals surface area contributed by atoms with Gasteiger partial charge >= 0.3 is 73.4 Å². The fraction of sp³-hybridized carbons (Fsp3) is 0.400. The molecule has 5 aromatic rings. The summed E-state index contributed by atoms with van der Waals surface area (Å²) in [6.45, 7) is 28.1. The first-order valence-electron chi connectivity index (χ1n) is 21.8. The van der Waals surface area contributed by atoms with Crippen molar-refractivity contribution in [1.29, 1.82) is 0 Å². The predicted octanol–water partition coefficient (Wildman–Crippen LogP) is 14.0. The Morgan fingerprint density at radius 3 is 1.06 bits per heavy atom. The molecule has 0 bridgehead atoms. The Kier molecular flexibility index (Phi) is 15.1. The van der Waals surface area contributed by atoms with Gasteiger partial charge in [-0.25, -0.2) is 9.80 Å². The Hall–Kier alpha value is -3.57. The van der Waals surface area contributed by atoms with Crippen molar-refractivity contribution in [3.63, 3.8) is 0 Å². The Morgan fingerprint density at radius 1 is 0.500 bits per heavy atom. The van der Waals surface area contributed by atoms with Crippen molar-refractivity contribution in [3.05, 3.63) is 167 Å². The summed E-state index contributed by atoms with van der Waals surface area (Å²) < 4.78 is 3.61. The maximum atomic E-state index is 5.67. The van der Waals surface area contributed by atoms with Crippen LogP contribution in [0, 0.1) is 40.8 Å². The van der Waals surface area contributed by atoms with Crippen molar-refractivity contribution < 1.29 is 13.5 Å². The second kappa shape index (κ2) is 18.9. The third-order valence-corrected chi connectivity index (χ3v) is 14.4. The fourth-order valence-corrected chi connectivity index (χ4v) is 11.5. The van der Waals surface area contributed by atoms with Gasteiger partial charge in [0.15, 0.2) is 23.9 Å². The number of hydrogen-bond donors (Lipinski definition) is 0. The van der Waals surface area contributed by atoms with Crippen molar-refractivity contribution in [1.82, 2.24) is 8.97 Å². The van der Waals surface area contributed by atoms with Crippen molar-refractivity contribution >= 4 is 46.7 Å². The van der Waals surface area contributed by atoms with Crippen LogP contribution in [0.15, 0.2) is 115 Å². The summed E-state index contributed by atoms with van der Waals surface area (Å²) in [5.41, 5.74) is 15.1. The van der Waals surface area contributed by atoms with Crippen LogP contribution in [0.3, 0.4) is 0 Å². The molecule has 7 heteroatoms. The van der Waals surface area contributed by atoms with Crippen LogP contribution in [0.4, 0.5) is 22.7 Å². The molecule has 2 aliphatic rings. The minimum atomic E-state index is -1.61. The molecule has 7 rings (SSSR count). The first-order chi connectivity index (χ1) is 28.7. The molecular formula is C55H74Cl2N4Ru+4. The number of quaternary nitrogens is 2. The van der Waals surface area contributed by atoms with Crippen LogP contribution in [0.25, 0.3) is 0 Å². The van der Waals surface area contributed by atoms with Gasteiger partial charge in [-0.2, -0.15) is 0 Å². The third kappa shape index (κ3) is 11.6. The average Bonchev–Trinajstić information content (AvgIpc) is 3.58. The van der Waals surface area contributed by atoms with Crippen LogP contribution >= 0.6 is 19.4 Å². The molecule has 0 aliphatic carbocycles. The van der Waals surface area contributed by atoms with Crippen LogP contribution in [0.2, 0.25) is 0 Å². The van der Waals surface area contributed by atoms with E-state index in [0.29, 0.717) is 0 Å². The molecule has 0 amide bonds. The van der Waals surface area contributed by atoms with Gasteiger partial charge in [-0.1, -0.05) is 60.7 Å². The molecule has 2 saturated heterocycles. The van der Waals surface area contributed by atoms with E-state index in [2.05, 4.69) is 219 Å². The topological polar surface area (TPSA) is 6.48 Å². The molecule has 2 aliphatic heterocycles. The van der Waals surface area contributed by atoms with Crippen LogP contribution in [0.5, 0.6) is 0 Å². The third-order valence-electron chi connectivity index (χ3n) is 12.6. The molecule has 2 unspecified atom stereocenters. The summed E-state index contributed by atoms with van der Waals surface area (Å²) in [6.07, 6.45) is 2.22. The van der Waals surface area contributed by atoms with Crippen molar-refractivity contribution in [3.8, 4) is 0 Å². The summed E-state index contributed by atoms with van der Waals surface area (Å²) in [5.74, 6) is 0. The number of nitrogens with zero attached hydrogens (tertiary/aromatic N) is 4. The van der Waals surface area contributed by atoms with Gasteiger partial charge in [0.1, 0.15) is 11.4 Å². The van der Waals surface area contributed by atoms with Gasteiger partial charge < -0.3 is 0 Å². The number of anilines is 2. The van der Waals surface area contributed by atoms with E-state index in [1.165, 1.54) is 56.1 Å². The minimum absolute atomic E-state index is 0.0579. The van der Waals surface area contributed by atoms with Gasteiger partial charge in [-0.05, 0) is 91.5 Å². The molecule has 62 heavy (non-hydrogen) atoms. The summed E-state index contributed by atoms with van der Waals surface area (Å²) in [7, 11) is 24.7. The molecule has 4 nitrogen and oxygen atoms in total. The molecule has 0 N–H and O–H groups in total. The number of hydrogen-bond acceptors (Lipinski definition) is 2. The molecule has 0 spiro atoms. The van der Waals surface area contributed by atoms with E-state index < -0.39 is 13.5 Å². The van der Waals surface area contributed by atoms with Crippen LogP contribution in [0.1, 0.15) is 93.3 Å². The number of aryl methyl sites for hydroxylation is 4. The number of benzene rings is 5. The van der Waals surface area contributed by atoms with E-state index in [9.17, 15) is 0 Å². The Labute approximate surface area is 390 Å². The second-order valence-electron chi connectivity index (χ2n) is 21.1. The molecule has 332 valence electrons. The second-order valence-corrected chi connectivity index (χ2v) is 26.9. The normalized spacial score (nSPS) is 20.5. The van der Waals surface area contributed by atoms with Crippen molar-refractivity contribution in [2.45, 2.75) is 104 Å². The van der Waals surface area contributed by atoms with Crippen LogP contribution < -0.4 is 18.8 Å². The molecule has 0 saturated carbocycles. The Morgan fingerprint density at radius 2 is 0.790 bits per heavy atom. The van der Waals surface area contributed by atoms with Gasteiger partial charge in [0.05, 0.1) is 64.7 Å². The van der Waals surface area contributed by atoms with Crippen LogP contribution in [-0.4, -0.2) is 58.0 Å².